The molecule has 0 amide bonds. The Bertz CT molecular complexity index is 1300. The van der Waals surface area contributed by atoms with E-state index in [9.17, 15) is 4.39 Å². The van der Waals surface area contributed by atoms with E-state index in [1.165, 1.54) is 23.9 Å². The Morgan fingerprint density at radius 2 is 1.86 bits per heavy atom. The minimum absolute atomic E-state index is 0.312. The maximum atomic E-state index is 13.1. The Balaban J connectivity index is 1.45. The predicted molar refractivity (Wildman–Crippen MR) is 102 cm³/mol. The number of fused-ring (bicyclic) bond motifs is 3. The third-order valence-corrected chi connectivity index (χ3v) is 5.07. The fourth-order valence-electron chi connectivity index (χ4n) is 2.88. The second-order valence-corrected chi connectivity index (χ2v) is 7.06. The van der Waals surface area contributed by atoms with Crippen molar-refractivity contribution in [1.82, 2.24) is 29.7 Å². The molecule has 3 aromatic heterocycles. The molecule has 0 atom stereocenters. The highest BCUT2D eigenvalue weighted by molar-refractivity contribution is 7.98. The van der Waals surface area contributed by atoms with Gasteiger partial charge in [-0.2, -0.15) is 9.50 Å². The number of thioether (sulfide) groups is 1. The predicted octanol–water partition coefficient (Wildman–Crippen LogP) is 4.07. The van der Waals surface area contributed by atoms with Crippen molar-refractivity contribution < 1.29 is 8.91 Å². The average molecular weight is 392 g/mol. The monoisotopic (exact) mass is 392 g/mol. The molecule has 0 fully saturated rings. The van der Waals surface area contributed by atoms with E-state index in [0.29, 0.717) is 34.0 Å². The molecule has 0 spiro atoms. The molecule has 138 valence electrons. The molecule has 0 saturated carbocycles. The third kappa shape index (κ3) is 2.99. The number of rotatable bonds is 4. The zero-order valence-electron chi connectivity index (χ0n) is 14.7. The molecule has 5 aromatic rings. The normalized spacial score (nSPS) is 11.5. The van der Waals surface area contributed by atoms with Crippen molar-refractivity contribution in [3.8, 4) is 11.5 Å². The van der Waals surface area contributed by atoms with Gasteiger partial charge in [-0.15, -0.1) is 5.10 Å². The number of nitrogens with zero attached hydrogens (tertiary/aromatic N) is 6. The maximum Gasteiger partial charge on any atom is 0.257 e. The molecular weight excluding hydrogens is 379 g/mol. The summed E-state index contributed by atoms with van der Waals surface area (Å²) in [6, 6.07) is 13.7. The van der Waals surface area contributed by atoms with Gasteiger partial charge in [-0.1, -0.05) is 29.1 Å². The number of aryl methyl sites for hydroxylation is 1. The van der Waals surface area contributed by atoms with Crippen molar-refractivity contribution in [2.24, 2.45) is 0 Å². The van der Waals surface area contributed by atoms with Gasteiger partial charge in [0.1, 0.15) is 11.6 Å². The molecule has 0 aliphatic heterocycles. The Labute approximate surface area is 162 Å². The molecule has 0 aliphatic carbocycles. The van der Waals surface area contributed by atoms with Crippen molar-refractivity contribution in [1.29, 1.82) is 0 Å². The molecular formula is C19H13FN6OS. The van der Waals surface area contributed by atoms with Crippen molar-refractivity contribution >= 4 is 28.3 Å². The smallest absolute Gasteiger partial charge is 0.257 e. The van der Waals surface area contributed by atoms with E-state index in [1.54, 1.807) is 16.6 Å². The van der Waals surface area contributed by atoms with Gasteiger partial charge in [0, 0.05) is 10.9 Å². The lowest BCUT2D eigenvalue weighted by Gasteiger charge is -2.04. The lowest BCUT2D eigenvalue weighted by molar-refractivity contribution is 0.425. The first-order valence-corrected chi connectivity index (χ1v) is 9.49. The summed E-state index contributed by atoms with van der Waals surface area (Å²) in [5.74, 6) is 1.68. The van der Waals surface area contributed by atoms with Gasteiger partial charge in [-0.25, -0.2) is 14.4 Å². The fraction of sp³-hybridized carbons (Fsp3) is 0.105. The summed E-state index contributed by atoms with van der Waals surface area (Å²) in [7, 11) is 0. The summed E-state index contributed by atoms with van der Waals surface area (Å²) in [5, 5.41) is 10.1. The van der Waals surface area contributed by atoms with Crippen LogP contribution in [0.5, 0.6) is 0 Å². The summed E-state index contributed by atoms with van der Waals surface area (Å²) in [6.07, 6.45) is 0. The van der Waals surface area contributed by atoms with Gasteiger partial charge in [-0.3, -0.25) is 0 Å². The van der Waals surface area contributed by atoms with E-state index in [2.05, 4.69) is 20.2 Å². The standard InChI is InChI=1S/C19H13FN6OS/c1-11-21-17-14-4-2-3-5-15(14)22-19(26(17)24-11)28-10-16-23-18(27-25-16)12-6-8-13(20)9-7-12/h2-9H,10H2,1H3. The molecule has 9 heteroatoms. The Kier molecular flexibility index (Phi) is 4.01. The molecule has 0 bridgehead atoms. The molecule has 2 aromatic carbocycles. The third-order valence-electron chi connectivity index (χ3n) is 4.14. The van der Waals surface area contributed by atoms with Crippen LogP contribution >= 0.6 is 11.8 Å². The van der Waals surface area contributed by atoms with Crippen LogP contribution < -0.4 is 0 Å². The van der Waals surface area contributed by atoms with E-state index in [0.717, 1.165) is 16.6 Å². The van der Waals surface area contributed by atoms with Crippen molar-refractivity contribution in [2.75, 3.05) is 0 Å². The second-order valence-electron chi connectivity index (χ2n) is 6.12. The lowest BCUT2D eigenvalue weighted by Crippen LogP contribution is -1.99. The van der Waals surface area contributed by atoms with E-state index in [1.807, 2.05) is 31.2 Å². The van der Waals surface area contributed by atoms with E-state index < -0.39 is 0 Å². The van der Waals surface area contributed by atoms with Gasteiger partial charge in [0.25, 0.3) is 5.89 Å². The molecule has 3 heterocycles. The highest BCUT2D eigenvalue weighted by Crippen LogP contribution is 2.26. The summed E-state index contributed by atoms with van der Waals surface area (Å²) >= 11 is 1.45. The minimum atomic E-state index is -0.312. The summed E-state index contributed by atoms with van der Waals surface area (Å²) in [4.78, 5) is 13.6. The first-order chi connectivity index (χ1) is 13.7. The molecule has 0 aliphatic rings. The molecule has 28 heavy (non-hydrogen) atoms. The zero-order valence-corrected chi connectivity index (χ0v) is 15.5. The zero-order chi connectivity index (χ0) is 19.1. The summed E-state index contributed by atoms with van der Waals surface area (Å²) in [5.41, 5.74) is 2.29. The molecule has 7 nitrogen and oxygen atoms in total. The number of halogens is 1. The van der Waals surface area contributed by atoms with Gasteiger partial charge in [0.05, 0.1) is 11.3 Å². The Morgan fingerprint density at radius 3 is 2.71 bits per heavy atom. The minimum Gasteiger partial charge on any atom is -0.334 e. The van der Waals surface area contributed by atoms with Crippen molar-refractivity contribution in [3.63, 3.8) is 0 Å². The Morgan fingerprint density at radius 1 is 1.04 bits per heavy atom. The van der Waals surface area contributed by atoms with Gasteiger partial charge in [0.15, 0.2) is 16.6 Å². The van der Waals surface area contributed by atoms with Gasteiger partial charge >= 0.3 is 0 Å². The number of hydrogen-bond donors (Lipinski definition) is 0. The second kappa shape index (κ2) is 6.68. The summed E-state index contributed by atoms with van der Waals surface area (Å²) < 4.78 is 20.1. The van der Waals surface area contributed by atoms with Gasteiger partial charge < -0.3 is 4.52 Å². The number of para-hydroxylation sites is 1. The number of aromatic nitrogens is 6. The SMILES string of the molecule is Cc1nc2c3ccccc3nc(SCc3noc(-c4ccc(F)cc4)n3)n2n1. The van der Waals surface area contributed by atoms with Crippen LogP contribution in [0.15, 0.2) is 58.2 Å². The molecule has 0 unspecified atom stereocenters. The van der Waals surface area contributed by atoms with E-state index >= 15 is 0 Å². The van der Waals surface area contributed by atoms with Crippen LogP contribution in [-0.4, -0.2) is 29.7 Å². The molecule has 5 rings (SSSR count). The first-order valence-electron chi connectivity index (χ1n) is 8.51. The quantitative estimate of drug-likeness (QED) is 0.337. The molecule has 0 saturated heterocycles. The maximum absolute atomic E-state index is 13.1. The largest absolute Gasteiger partial charge is 0.334 e. The van der Waals surface area contributed by atoms with Crippen LogP contribution in [-0.2, 0) is 5.75 Å². The van der Waals surface area contributed by atoms with Crippen LogP contribution in [0.3, 0.4) is 0 Å². The number of hydrogen-bond acceptors (Lipinski definition) is 7. The van der Waals surface area contributed by atoms with Crippen LogP contribution in [0.2, 0.25) is 0 Å². The van der Waals surface area contributed by atoms with Crippen LogP contribution in [0.25, 0.3) is 28.0 Å². The van der Waals surface area contributed by atoms with Crippen LogP contribution in [0.4, 0.5) is 4.39 Å². The number of benzene rings is 2. The lowest BCUT2D eigenvalue weighted by atomic mass is 10.2. The topological polar surface area (TPSA) is 82.0 Å². The summed E-state index contributed by atoms with van der Waals surface area (Å²) in [6.45, 7) is 1.85. The van der Waals surface area contributed by atoms with Gasteiger partial charge in [0.2, 0.25) is 0 Å². The Hall–Kier alpha value is -3.33. The van der Waals surface area contributed by atoms with Crippen LogP contribution in [0.1, 0.15) is 11.6 Å². The highest BCUT2D eigenvalue weighted by Gasteiger charge is 2.14. The molecule has 0 N–H and O–H groups in total. The van der Waals surface area contributed by atoms with Gasteiger partial charge in [-0.05, 0) is 43.3 Å². The first kappa shape index (κ1) is 16.8. The van der Waals surface area contributed by atoms with Crippen LogP contribution in [0, 0.1) is 12.7 Å². The average Bonchev–Trinajstić information content (AvgIpc) is 3.33. The van der Waals surface area contributed by atoms with E-state index in [4.69, 9.17) is 9.51 Å². The van der Waals surface area contributed by atoms with Crippen molar-refractivity contribution in [3.05, 3.63) is 66.0 Å². The highest BCUT2D eigenvalue weighted by atomic mass is 32.2. The van der Waals surface area contributed by atoms with Crippen molar-refractivity contribution in [2.45, 2.75) is 17.8 Å². The fourth-order valence-corrected chi connectivity index (χ4v) is 3.67. The van der Waals surface area contributed by atoms with E-state index in [-0.39, 0.29) is 5.82 Å². The molecule has 0 radical (unpaired) electrons.